The van der Waals surface area contributed by atoms with Gasteiger partial charge in [-0.2, -0.15) is 5.26 Å². The zero-order valence-electron chi connectivity index (χ0n) is 20.3. The Morgan fingerprint density at radius 2 is 2.06 bits per heavy atom. The van der Waals surface area contributed by atoms with Crippen LogP contribution in [0.25, 0.3) is 11.3 Å². The third-order valence-corrected chi connectivity index (χ3v) is 6.54. The van der Waals surface area contributed by atoms with E-state index in [-0.39, 0.29) is 35.3 Å². The van der Waals surface area contributed by atoms with Crippen LogP contribution in [0.15, 0.2) is 34.9 Å². The second kappa shape index (κ2) is 9.64. The second-order valence-electron chi connectivity index (χ2n) is 10.3. The lowest BCUT2D eigenvalue weighted by atomic mass is 9.97. The Hall–Kier alpha value is -3.87. The van der Waals surface area contributed by atoms with E-state index in [0.717, 1.165) is 19.1 Å². The Morgan fingerprint density at radius 1 is 1.31 bits per heavy atom. The maximum Gasteiger partial charge on any atom is 0.411 e. The minimum absolute atomic E-state index is 0.0122. The first-order valence-electron chi connectivity index (χ1n) is 11.8. The van der Waals surface area contributed by atoms with Crippen LogP contribution >= 0.6 is 0 Å². The number of likely N-dealkylation sites (tertiary alicyclic amines) is 1. The van der Waals surface area contributed by atoms with Crippen LogP contribution in [0.5, 0.6) is 0 Å². The number of benzene rings is 1. The van der Waals surface area contributed by atoms with Crippen LogP contribution in [0.2, 0.25) is 0 Å². The Morgan fingerprint density at radius 3 is 2.67 bits per heavy atom. The molecule has 9 nitrogen and oxygen atoms in total. The molecular weight excluding hydrogens is 469 g/mol. The number of rotatable bonds is 6. The SMILES string of the molecule is CC(C)(C)OC(=O)N1[C@@H]2CC[C@@H](C2)[C@H]1C(=O)N[C@H](C#N)Cc1ccc(-c2cc(C(=O)O)co2)cc1F. The van der Waals surface area contributed by atoms with Gasteiger partial charge in [-0.1, -0.05) is 12.1 Å². The number of nitrogens with one attached hydrogen (secondary N) is 1. The first kappa shape index (κ1) is 25.2. The topological polar surface area (TPSA) is 133 Å². The monoisotopic (exact) mass is 497 g/mol. The van der Waals surface area contributed by atoms with Gasteiger partial charge in [0.05, 0.1) is 11.6 Å². The molecule has 36 heavy (non-hydrogen) atoms. The van der Waals surface area contributed by atoms with Crippen molar-refractivity contribution in [2.45, 2.75) is 70.2 Å². The lowest BCUT2D eigenvalue weighted by Gasteiger charge is -2.35. The number of ether oxygens (including phenoxy) is 1. The average molecular weight is 498 g/mol. The van der Waals surface area contributed by atoms with Gasteiger partial charge in [-0.15, -0.1) is 0 Å². The number of hydrogen-bond acceptors (Lipinski definition) is 6. The number of fused-ring (bicyclic) bond motifs is 2. The summed E-state index contributed by atoms with van der Waals surface area (Å²) in [6.45, 7) is 5.28. The van der Waals surface area contributed by atoms with Crippen molar-refractivity contribution in [1.29, 1.82) is 5.26 Å². The second-order valence-corrected chi connectivity index (χ2v) is 10.3. The summed E-state index contributed by atoms with van der Waals surface area (Å²) in [7, 11) is 0. The van der Waals surface area contributed by atoms with Crippen molar-refractivity contribution < 1.29 is 33.0 Å². The van der Waals surface area contributed by atoms with Crippen LogP contribution in [-0.2, 0) is 16.0 Å². The van der Waals surface area contributed by atoms with E-state index >= 15 is 0 Å². The fourth-order valence-corrected chi connectivity index (χ4v) is 4.97. The summed E-state index contributed by atoms with van der Waals surface area (Å²) in [5.41, 5.74) is -0.212. The van der Waals surface area contributed by atoms with Gasteiger partial charge in [0.15, 0.2) is 0 Å². The van der Waals surface area contributed by atoms with Gasteiger partial charge in [-0.3, -0.25) is 9.69 Å². The van der Waals surface area contributed by atoms with Crippen molar-refractivity contribution in [1.82, 2.24) is 10.2 Å². The van der Waals surface area contributed by atoms with Crippen molar-refractivity contribution in [3.8, 4) is 17.4 Å². The highest BCUT2D eigenvalue weighted by Gasteiger charge is 2.52. The molecule has 0 radical (unpaired) electrons. The Balaban J connectivity index is 1.45. The minimum atomic E-state index is -1.16. The fraction of sp³-hybridized carbons (Fsp3) is 0.462. The predicted octanol–water partition coefficient (Wildman–Crippen LogP) is 4.12. The van der Waals surface area contributed by atoms with Gasteiger partial charge in [0, 0.05) is 18.0 Å². The quantitative estimate of drug-likeness (QED) is 0.613. The number of hydrogen-bond donors (Lipinski definition) is 2. The molecule has 1 aliphatic carbocycles. The standard InChI is InChI=1S/C26H28FN3O6/c1-26(2,3)36-25(34)30-19-7-6-16(9-19)22(30)23(31)29-18(12-28)8-14-4-5-15(10-20(14)27)21-11-17(13-35-21)24(32)33/h4-5,10-11,13,16,18-19,22H,6-9H2,1-3H3,(H,29,31)(H,32,33)/t16-,18-,19+,22-/m0/s1. The number of nitrogens with zero attached hydrogens (tertiary/aromatic N) is 2. The van der Waals surface area contributed by atoms with Crippen molar-refractivity contribution in [2.24, 2.45) is 5.92 Å². The molecule has 2 amide bonds. The summed E-state index contributed by atoms with van der Waals surface area (Å²) in [4.78, 5) is 38.5. The molecule has 4 atom stereocenters. The number of carbonyl (C=O) groups is 3. The Bertz CT molecular complexity index is 1230. The molecular formula is C26H28FN3O6. The van der Waals surface area contributed by atoms with Crippen LogP contribution in [0.1, 0.15) is 56.0 Å². The molecule has 2 bridgehead atoms. The molecule has 4 rings (SSSR count). The van der Waals surface area contributed by atoms with E-state index < -0.39 is 41.5 Å². The van der Waals surface area contributed by atoms with Crippen molar-refractivity contribution >= 4 is 18.0 Å². The molecule has 2 N–H and O–H groups in total. The van der Waals surface area contributed by atoms with Gasteiger partial charge in [-0.25, -0.2) is 14.0 Å². The lowest BCUT2D eigenvalue weighted by molar-refractivity contribution is -0.128. The van der Waals surface area contributed by atoms with E-state index in [4.69, 9.17) is 14.3 Å². The number of carbonyl (C=O) groups excluding carboxylic acids is 2. The summed E-state index contributed by atoms with van der Waals surface area (Å²) in [5, 5.41) is 21.4. The van der Waals surface area contributed by atoms with Crippen LogP contribution in [0, 0.1) is 23.1 Å². The molecule has 0 spiro atoms. The molecule has 2 fully saturated rings. The first-order chi connectivity index (χ1) is 17.0. The van der Waals surface area contributed by atoms with Crippen LogP contribution < -0.4 is 5.32 Å². The maximum absolute atomic E-state index is 14.8. The van der Waals surface area contributed by atoms with Gasteiger partial charge in [-0.05, 0) is 63.6 Å². The highest BCUT2D eigenvalue weighted by atomic mass is 19.1. The van der Waals surface area contributed by atoms with Crippen molar-refractivity contribution in [2.75, 3.05) is 0 Å². The van der Waals surface area contributed by atoms with Crippen molar-refractivity contribution in [3.05, 3.63) is 47.5 Å². The van der Waals surface area contributed by atoms with Gasteiger partial charge < -0.3 is 19.6 Å². The number of carboxylic acid groups (broad SMARTS) is 1. The molecule has 2 heterocycles. The molecule has 1 aliphatic heterocycles. The summed E-state index contributed by atoms with van der Waals surface area (Å²) < 4.78 is 25.5. The number of halogens is 1. The molecule has 2 aromatic rings. The summed E-state index contributed by atoms with van der Waals surface area (Å²) in [6.07, 6.45) is 2.76. The molecule has 1 saturated heterocycles. The van der Waals surface area contributed by atoms with E-state index in [0.29, 0.717) is 12.0 Å². The maximum atomic E-state index is 14.8. The predicted molar refractivity (Wildman–Crippen MR) is 125 cm³/mol. The average Bonchev–Trinajstić information content (AvgIpc) is 3.54. The van der Waals surface area contributed by atoms with Gasteiger partial charge in [0.2, 0.25) is 5.91 Å². The molecule has 1 aromatic carbocycles. The van der Waals surface area contributed by atoms with Crippen LogP contribution in [0.3, 0.4) is 0 Å². The third kappa shape index (κ3) is 5.20. The Kier molecular flexibility index (Phi) is 6.76. The third-order valence-electron chi connectivity index (χ3n) is 6.54. The molecule has 2 aliphatic rings. The smallest absolute Gasteiger partial charge is 0.411 e. The number of carboxylic acids is 1. The molecule has 1 saturated carbocycles. The molecule has 190 valence electrons. The largest absolute Gasteiger partial charge is 0.478 e. The normalized spacial score (nSPS) is 21.6. The highest BCUT2D eigenvalue weighted by Crippen LogP contribution is 2.43. The van der Waals surface area contributed by atoms with Gasteiger partial charge in [0.1, 0.15) is 35.5 Å². The van der Waals surface area contributed by atoms with E-state index in [1.54, 1.807) is 26.8 Å². The zero-order chi connectivity index (χ0) is 26.2. The number of furan rings is 1. The number of aromatic carboxylic acids is 1. The first-order valence-corrected chi connectivity index (χ1v) is 11.8. The van der Waals surface area contributed by atoms with Gasteiger partial charge >= 0.3 is 12.1 Å². The lowest BCUT2D eigenvalue weighted by Crippen LogP contribution is -2.55. The van der Waals surface area contributed by atoms with E-state index in [1.165, 1.54) is 23.1 Å². The minimum Gasteiger partial charge on any atom is -0.478 e. The van der Waals surface area contributed by atoms with Crippen LogP contribution in [-0.4, -0.2) is 51.7 Å². The molecule has 10 heteroatoms. The van der Waals surface area contributed by atoms with Gasteiger partial charge in [0.25, 0.3) is 0 Å². The summed E-state index contributed by atoms with van der Waals surface area (Å²) in [5.74, 6) is -2.04. The van der Waals surface area contributed by atoms with E-state index in [2.05, 4.69) is 5.32 Å². The van der Waals surface area contributed by atoms with Crippen LogP contribution in [0.4, 0.5) is 9.18 Å². The van der Waals surface area contributed by atoms with E-state index in [9.17, 15) is 24.0 Å². The number of amides is 2. The highest BCUT2D eigenvalue weighted by molar-refractivity contribution is 5.89. The molecule has 1 aromatic heterocycles. The van der Waals surface area contributed by atoms with E-state index in [1.807, 2.05) is 6.07 Å². The number of nitriles is 1. The summed E-state index contributed by atoms with van der Waals surface area (Å²) >= 11 is 0. The van der Waals surface area contributed by atoms with Crippen molar-refractivity contribution in [3.63, 3.8) is 0 Å². The fourth-order valence-electron chi connectivity index (χ4n) is 4.97. The molecule has 0 unspecified atom stereocenters. The number of piperidine rings is 1. The zero-order valence-corrected chi connectivity index (χ0v) is 20.3. The summed E-state index contributed by atoms with van der Waals surface area (Å²) in [6, 6.07) is 5.69. The Labute approximate surface area is 207 Å².